The number of Topliss-reactive ketones (excluding diaryl/α,β-unsaturated/α-hetero) is 1. The highest BCUT2D eigenvalue weighted by Crippen LogP contribution is 2.45. The summed E-state index contributed by atoms with van der Waals surface area (Å²) in [5, 5.41) is 11.9. The Morgan fingerprint density at radius 2 is 1.69 bits per heavy atom. The van der Waals surface area contributed by atoms with Crippen molar-refractivity contribution in [2.24, 2.45) is 0 Å². The fourth-order valence-electron chi connectivity index (χ4n) is 4.32. The largest absolute Gasteiger partial charge is 0.507 e. The van der Waals surface area contributed by atoms with Crippen LogP contribution in [0.2, 0.25) is 5.02 Å². The van der Waals surface area contributed by atoms with Gasteiger partial charge >= 0.3 is 0 Å². The lowest BCUT2D eigenvalue weighted by Gasteiger charge is -2.26. The van der Waals surface area contributed by atoms with E-state index in [-0.39, 0.29) is 11.3 Å². The predicted octanol–water partition coefficient (Wildman–Crippen LogP) is 5.69. The van der Waals surface area contributed by atoms with Gasteiger partial charge in [0, 0.05) is 10.7 Å². The number of nitrogens with zero attached hydrogens (tertiary/aromatic N) is 1. The molecule has 0 bridgehead atoms. The Kier molecular flexibility index (Phi) is 7.22. The summed E-state index contributed by atoms with van der Waals surface area (Å²) in [6.07, 6.45) is 0. The number of hydrogen-bond acceptors (Lipinski definition) is 6. The molecule has 4 rings (SSSR count). The molecule has 3 aromatic carbocycles. The van der Waals surface area contributed by atoms with Crippen molar-refractivity contribution in [3.05, 3.63) is 87.9 Å². The zero-order valence-corrected chi connectivity index (χ0v) is 21.1. The van der Waals surface area contributed by atoms with Gasteiger partial charge in [0.25, 0.3) is 11.7 Å². The lowest BCUT2D eigenvalue weighted by molar-refractivity contribution is -0.132. The Bertz CT molecular complexity index is 1370. The van der Waals surface area contributed by atoms with E-state index in [1.54, 1.807) is 54.6 Å². The number of halogens is 1. The fraction of sp³-hybridized carbons (Fsp3) is 0.214. The van der Waals surface area contributed by atoms with E-state index in [1.165, 1.54) is 19.1 Å². The Labute approximate surface area is 214 Å². The minimum Gasteiger partial charge on any atom is -0.507 e. The van der Waals surface area contributed by atoms with Gasteiger partial charge in [-0.1, -0.05) is 35.4 Å². The van der Waals surface area contributed by atoms with Gasteiger partial charge in [-0.2, -0.15) is 0 Å². The number of aryl methyl sites for hydroxylation is 1. The van der Waals surface area contributed by atoms with Crippen LogP contribution in [0.3, 0.4) is 0 Å². The average molecular weight is 508 g/mol. The summed E-state index contributed by atoms with van der Waals surface area (Å²) < 4.78 is 16.6. The second-order valence-corrected chi connectivity index (χ2v) is 8.63. The van der Waals surface area contributed by atoms with Gasteiger partial charge in [-0.15, -0.1) is 0 Å². The van der Waals surface area contributed by atoms with Crippen LogP contribution >= 0.6 is 11.6 Å². The molecular weight excluding hydrogens is 482 g/mol. The third-order valence-corrected chi connectivity index (χ3v) is 6.18. The average Bonchev–Trinajstić information content (AvgIpc) is 3.14. The van der Waals surface area contributed by atoms with E-state index < -0.39 is 17.7 Å². The highest BCUT2D eigenvalue weighted by Gasteiger charge is 2.47. The number of carbonyl (C=O) groups excluding carboxylic acids is 2. The molecule has 1 saturated heterocycles. The summed E-state index contributed by atoms with van der Waals surface area (Å²) in [7, 11) is 3.00. The van der Waals surface area contributed by atoms with Crippen molar-refractivity contribution in [2.45, 2.75) is 19.9 Å². The monoisotopic (exact) mass is 507 g/mol. The second kappa shape index (κ2) is 10.3. The molecule has 1 aliphatic rings. The van der Waals surface area contributed by atoms with Crippen LogP contribution in [0.5, 0.6) is 17.2 Å². The topological polar surface area (TPSA) is 85.3 Å². The zero-order chi connectivity index (χ0) is 26.0. The molecule has 1 heterocycles. The number of hydrogen-bond donors (Lipinski definition) is 1. The molecule has 0 spiro atoms. The molecule has 1 fully saturated rings. The first-order chi connectivity index (χ1) is 17.3. The van der Waals surface area contributed by atoms with Crippen LogP contribution in [-0.4, -0.2) is 37.6 Å². The quantitative estimate of drug-likeness (QED) is 0.251. The van der Waals surface area contributed by atoms with Crippen molar-refractivity contribution in [3.63, 3.8) is 0 Å². The molecular formula is C28H26ClNO6. The summed E-state index contributed by atoms with van der Waals surface area (Å²) in [5.74, 6) is -0.630. The fourth-order valence-corrected chi connectivity index (χ4v) is 4.51. The number of aliphatic hydroxyl groups excluding tert-OH is 1. The maximum Gasteiger partial charge on any atom is 0.300 e. The van der Waals surface area contributed by atoms with E-state index in [9.17, 15) is 14.7 Å². The Hall–Kier alpha value is -3.97. The summed E-state index contributed by atoms with van der Waals surface area (Å²) in [4.78, 5) is 28.2. The number of methoxy groups -OCH3 is 2. The SMILES string of the molecule is CCOc1cc(C2/C(=C(\O)c3cc(C)ccc3OC)C(=O)C(=O)N2c2cccc(Cl)c2)ccc1OC. The standard InChI is InChI=1S/C28H26ClNO6/c1-5-36-23-14-17(10-12-22(23)35-4)25-24(26(31)20-13-16(2)9-11-21(20)34-3)27(32)28(33)30(25)19-8-6-7-18(29)15-19/h6-15,25,31H,5H2,1-4H3/b26-24+. The number of carbonyl (C=O) groups is 2. The Balaban J connectivity index is 2.01. The van der Waals surface area contributed by atoms with Crippen molar-refractivity contribution >= 4 is 34.7 Å². The molecule has 3 aromatic rings. The predicted molar refractivity (Wildman–Crippen MR) is 138 cm³/mol. The molecule has 186 valence electrons. The van der Waals surface area contributed by atoms with E-state index in [0.29, 0.717) is 45.7 Å². The Morgan fingerprint density at radius 3 is 2.36 bits per heavy atom. The molecule has 1 atom stereocenters. The van der Waals surface area contributed by atoms with Crippen LogP contribution in [0.1, 0.15) is 29.7 Å². The van der Waals surface area contributed by atoms with E-state index in [1.807, 2.05) is 19.9 Å². The van der Waals surface area contributed by atoms with Crippen LogP contribution in [0.4, 0.5) is 5.69 Å². The van der Waals surface area contributed by atoms with E-state index in [0.717, 1.165) is 5.56 Å². The molecule has 36 heavy (non-hydrogen) atoms. The van der Waals surface area contributed by atoms with Gasteiger partial charge in [-0.05, 0) is 61.9 Å². The highest BCUT2D eigenvalue weighted by atomic mass is 35.5. The number of amides is 1. The van der Waals surface area contributed by atoms with Crippen molar-refractivity contribution < 1.29 is 28.9 Å². The first-order valence-electron chi connectivity index (χ1n) is 11.3. The van der Waals surface area contributed by atoms with Gasteiger partial charge in [0.15, 0.2) is 11.5 Å². The van der Waals surface area contributed by atoms with E-state index in [4.69, 9.17) is 25.8 Å². The molecule has 1 N–H and O–H groups in total. The highest BCUT2D eigenvalue weighted by molar-refractivity contribution is 6.51. The zero-order valence-electron chi connectivity index (χ0n) is 20.4. The van der Waals surface area contributed by atoms with Crippen molar-refractivity contribution in [3.8, 4) is 17.2 Å². The third-order valence-electron chi connectivity index (χ3n) is 5.94. The minimum absolute atomic E-state index is 0.0727. The molecule has 8 heteroatoms. The van der Waals surface area contributed by atoms with Crippen LogP contribution in [0.15, 0.2) is 66.2 Å². The van der Waals surface area contributed by atoms with Crippen molar-refractivity contribution in [2.75, 3.05) is 25.7 Å². The number of anilines is 1. The van der Waals surface area contributed by atoms with E-state index in [2.05, 4.69) is 0 Å². The normalized spacial score (nSPS) is 16.8. The van der Waals surface area contributed by atoms with Crippen molar-refractivity contribution in [1.29, 1.82) is 0 Å². The number of benzene rings is 3. The first kappa shape index (κ1) is 25.1. The van der Waals surface area contributed by atoms with Crippen LogP contribution < -0.4 is 19.1 Å². The summed E-state index contributed by atoms with van der Waals surface area (Å²) in [6.45, 7) is 4.08. The van der Waals surface area contributed by atoms with Gasteiger partial charge < -0.3 is 19.3 Å². The van der Waals surface area contributed by atoms with Gasteiger partial charge in [-0.3, -0.25) is 14.5 Å². The van der Waals surface area contributed by atoms with Crippen LogP contribution in [0.25, 0.3) is 5.76 Å². The summed E-state index contributed by atoms with van der Waals surface area (Å²) in [6, 6.07) is 16.1. The molecule has 1 amide bonds. The number of rotatable bonds is 7. The van der Waals surface area contributed by atoms with Gasteiger partial charge in [0.05, 0.1) is 38.0 Å². The van der Waals surface area contributed by atoms with Crippen LogP contribution in [-0.2, 0) is 9.59 Å². The molecule has 0 radical (unpaired) electrons. The number of ether oxygens (including phenoxy) is 3. The lowest BCUT2D eigenvalue weighted by Crippen LogP contribution is -2.29. The number of aliphatic hydroxyl groups is 1. The maximum absolute atomic E-state index is 13.5. The first-order valence-corrected chi connectivity index (χ1v) is 11.7. The molecule has 0 aliphatic carbocycles. The Morgan fingerprint density at radius 1 is 0.972 bits per heavy atom. The summed E-state index contributed by atoms with van der Waals surface area (Å²) >= 11 is 6.22. The van der Waals surface area contributed by atoms with E-state index >= 15 is 0 Å². The van der Waals surface area contributed by atoms with Gasteiger partial charge in [-0.25, -0.2) is 0 Å². The molecule has 0 aromatic heterocycles. The maximum atomic E-state index is 13.5. The van der Waals surface area contributed by atoms with Crippen molar-refractivity contribution in [1.82, 2.24) is 0 Å². The van der Waals surface area contributed by atoms with Gasteiger partial charge in [0.2, 0.25) is 0 Å². The minimum atomic E-state index is -0.959. The molecule has 7 nitrogen and oxygen atoms in total. The molecule has 1 aliphatic heterocycles. The second-order valence-electron chi connectivity index (χ2n) is 8.20. The molecule has 0 saturated carbocycles. The smallest absolute Gasteiger partial charge is 0.300 e. The number of ketones is 1. The molecule has 1 unspecified atom stereocenters. The lowest BCUT2D eigenvalue weighted by atomic mass is 9.94. The van der Waals surface area contributed by atoms with Crippen LogP contribution in [0, 0.1) is 6.92 Å². The van der Waals surface area contributed by atoms with Gasteiger partial charge in [0.1, 0.15) is 11.5 Å². The third kappa shape index (κ3) is 4.50. The summed E-state index contributed by atoms with van der Waals surface area (Å²) in [5.41, 5.74) is 2.05.